The zero-order valence-corrected chi connectivity index (χ0v) is 19.2. The van der Waals surface area contributed by atoms with E-state index in [2.05, 4.69) is 34.0 Å². The summed E-state index contributed by atoms with van der Waals surface area (Å²) in [5.41, 5.74) is 1.98. The number of urea groups is 1. The molecule has 1 aliphatic rings. The van der Waals surface area contributed by atoms with Crippen LogP contribution in [0.3, 0.4) is 0 Å². The molecule has 1 aromatic carbocycles. The van der Waals surface area contributed by atoms with Crippen molar-refractivity contribution in [1.82, 2.24) is 29.7 Å². The minimum absolute atomic E-state index is 0.0803. The third kappa shape index (κ3) is 4.74. The number of aryl methyl sites for hydroxylation is 2. The number of amides is 2. The van der Waals surface area contributed by atoms with E-state index in [1.54, 1.807) is 6.20 Å². The number of carbonyl (C=O) groups excluding carboxylic acids is 1. The summed E-state index contributed by atoms with van der Waals surface area (Å²) < 4.78 is 1.94. The Morgan fingerprint density at radius 1 is 1.06 bits per heavy atom. The molecule has 1 aliphatic heterocycles. The topological polar surface area (TPSA) is 79.2 Å². The highest BCUT2D eigenvalue weighted by atomic mass is 16.2. The summed E-state index contributed by atoms with van der Waals surface area (Å²) in [6.07, 6.45) is 3.65. The molecule has 2 amide bonds. The molecular weight excluding hydrogens is 402 g/mol. The van der Waals surface area contributed by atoms with Crippen LogP contribution in [0, 0.1) is 6.92 Å². The van der Waals surface area contributed by atoms with Crippen molar-refractivity contribution in [3.8, 4) is 0 Å². The van der Waals surface area contributed by atoms with E-state index in [4.69, 9.17) is 4.98 Å². The molecule has 3 heterocycles. The molecule has 0 bridgehead atoms. The van der Waals surface area contributed by atoms with Crippen molar-refractivity contribution in [2.75, 3.05) is 31.1 Å². The highest BCUT2D eigenvalue weighted by Gasteiger charge is 2.27. The van der Waals surface area contributed by atoms with E-state index in [0.29, 0.717) is 13.1 Å². The van der Waals surface area contributed by atoms with Gasteiger partial charge in [-0.25, -0.2) is 19.7 Å². The van der Waals surface area contributed by atoms with Crippen molar-refractivity contribution < 1.29 is 4.79 Å². The van der Waals surface area contributed by atoms with Gasteiger partial charge in [0.05, 0.1) is 0 Å². The van der Waals surface area contributed by atoms with E-state index in [1.807, 2.05) is 66.0 Å². The second-order valence-electron chi connectivity index (χ2n) is 8.54. The molecule has 1 N–H and O–H groups in total. The summed E-state index contributed by atoms with van der Waals surface area (Å²) in [4.78, 5) is 31.0. The molecule has 1 atom stereocenters. The van der Waals surface area contributed by atoms with Gasteiger partial charge in [0.1, 0.15) is 23.5 Å². The summed E-state index contributed by atoms with van der Waals surface area (Å²) in [5.74, 6) is 2.89. The zero-order valence-electron chi connectivity index (χ0n) is 19.2. The molecule has 32 heavy (non-hydrogen) atoms. The number of anilines is 1. The Hall–Kier alpha value is -3.42. The smallest absolute Gasteiger partial charge is 0.318 e. The summed E-state index contributed by atoms with van der Waals surface area (Å²) in [7, 11) is 1.94. The molecule has 8 heteroatoms. The van der Waals surface area contributed by atoms with E-state index < -0.39 is 0 Å². The Morgan fingerprint density at radius 3 is 2.41 bits per heavy atom. The van der Waals surface area contributed by atoms with Gasteiger partial charge in [0.2, 0.25) is 0 Å². The van der Waals surface area contributed by atoms with Crippen molar-refractivity contribution in [3.63, 3.8) is 0 Å². The average Bonchev–Trinajstić information content (AvgIpc) is 3.23. The lowest BCUT2D eigenvalue weighted by atomic mass is 10.1. The van der Waals surface area contributed by atoms with Crippen LogP contribution in [-0.4, -0.2) is 56.6 Å². The van der Waals surface area contributed by atoms with Crippen LogP contribution in [-0.2, 0) is 7.05 Å². The van der Waals surface area contributed by atoms with Gasteiger partial charge in [-0.05, 0) is 12.5 Å². The molecular formula is C24H31N7O. The quantitative estimate of drug-likeness (QED) is 0.668. The molecule has 168 valence electrons. The minimum atomic E-state index is -0.306. The molecule has 0 radical (unpaired) electrons. The van der Waals surface area contributed by atoms with Crippen molar-refractivity contribution in [2.24, 2.45) is 7.05 Å². The first kappa shape index (κ1) is 21.8. The van der Waals surface area contributed by atoms with E-state index >= 15 is 0 Å². The number of rotatable bonds is 5. The maximum Gasteiger partial charge on any atom is 0.318 e. The Labute approximate surface area is 189 Å². The van der Waals surface area contributed by atoms with Crippen LogP contribution in [0.25, 0.3) is 0 Å². The number of hydrogen-bond donors (Lipinski definition) is 1. The summed E-state index contributed by atoms with van der Waals surface area (Å²) >= 11 is 0. The molecule has 8 nitrogen and oxygen atoms in total. The number of carbonyl (C=O) groups is 1. The summed E-state index contributed by atoms with van der Waals surface area (Å²) in [5, 5.41) is 3.19. The molecule has 2 aromatic heterocycles. The predicted molar refractivity (Wildman–Crippen MR) is 125 cm³/mol. The monoisotopic (exact) mass is 433 g/mol. The van der Waals surface area contributed by atoms with E-state index in [1.165, 1.54) is 0 Å². The maximum atomic E-state index is 13.2. The number of aromatic nitrogens is 4. The number of piperazine rings is 1. The standard InChI is InChI=1S/C24H31N7O/c1-17(2)22-26-18(3)16-20(27-22)30-12-14-31(15-13-30)24(32)28-21(19-8-6-5-7-9-19)23-25-10-11-29(23)4/h5-11,16-17,21H,12-15H2,1-4H3,(H,28,32). The van der Waals surface area contributed by atoms with Crippen LogP contribution < -0.4 is 10.2 Å². The van der Waals surface area contributed by atoms with Crippen LogP contribution in [0.4, 0.5) is 10.6 Å². The molecule has 3 aromatic rings. The van der Waals surface area contributed by atoms with Gasteiger partial charge < -0.3 is 19.7 Å². The van der Waals surface area contributed by atoms with Crippen molar-refractivity contribution in [2.45, 2.75) is 32.7 Å². The lowest BCUT2D eigenvalue weighted by molar-refractivity contribution is 0.191. The number of imidazole rings is 1. The van der Waals surface area contributed by atoms with Gasteiger partial charge in [-0.15, -0.1) is 0 Å². The largest absolute Gasteiger partial charge is 0.353 e. The highest BCUT2D eigenvalue weighted by molar-refractivity contribution is 5.75. The van der Waals surface area contributed by atoms with Crippen molar-refractivity contribution in [1.29, 1.82) is 0 Å². The third-order valence-electron chi connectivity index (χ3n) is 5.78. The fourth-order valence-electron chi connectivity index (χ4n) is 3.95. The number of benzene rings is 1. The fourth-order valence-corrected chi connectivity index (χ4v) is 3.95. The van der Waals surface area contributed by atoms with Gasteiger partial charge in [-0.2, -0.15) is 0 Å². The molecule has 0 saturated carbocycles. The number of nitrogens with zero attached hydrogens (tertiary/aromatic N) is 6. The van der Waals surface area contributed by atoms with Crippen LogP contribution >= 0.6 is 0 Å². The number of nitrogens with one attached hydrogen (secondary N) is 1. The van der Waals surface area contributed by atoms with Gasteiger partial charge in [0.15, 0.2) is 0 Å². The lowest BCUT2D eigenvalue weighted by Gasteiger charge is -2.36. The van der Waals surface area contributed by atoms with Gasteiger partial charge in [0.25, 0.3) is 0 Å². The molecule has 1 saturated heterocycles. The summed E-state index contributed by atoms with van der Waals surface area (Å²) in [6.45, 7) is 8.95. The second kappa shape index (κ2) is 9.38. The number of hydrogen-bond acceptors (Lipinski definition) is 5. The van der Waals surface area contributed by atoms with Crippen molar-refractivity contribution >= 4 is 11.8 Å². The van der Waals surface area contributed by atoms with Crippen LogP contribution in [0.5, 0.6) is 0 Å². The second-order valence-corrected chi connectivity index (χ2v) is 8.54. The minimum Gasteiger partial charge on any atom is -0.353 e. The van der Waals surface area contributed by atoms with Crippen molar-refractivity contribution in [3.05, 3.63) is 71.7 Å². The SMILES string of the molecule is Cc1cc(N2CCN(C(=O)NC(c3ccccc3)c3nccn3C)CC2)nc(C(C)C)n1. The molecule has 4 rings (SSSR count). The Kier molecular flexibility index (Phi) is 6.39. The summed E-state index contributed by atoms with van der Waals surface area (Å²) in [6, 6.07) is 11.6. The molecule has 1 fully saturated rings. The highest BCUT2D eigenvalue weighted by Crippen LogP contribution is 2.22. The zero-order chi connectivity index (χ0) is 22.7. The van der Waals surface area contributed by atoms with Gasteiger partial charge in [-0.1, -0.05) is 44.2 Å². The molecule has 0 spiro atoms. The van der Waals surface area contributed by atoms with Crippen LogP contribution in [0.2, 0.25) is 0 Å². The van der Waals surface area contributed by atoms with E-state index in [0.717, 1.165) is 41.8 Å². The normalized spacial score (nSPS) is 15.2. The van der Waals surface area contributed by atoms with Gasteiger partial charge in [-0.3, -0.25) is 0 Å². The predicted octanol–water partition coefficient (Wildman–Crippen LogP) is 3.26. The molecule has 1 unspecified atom stereocenters. The first-order valence-corrected chi connectivity index (χ1v) is 11.1. The Morgan fingerprint density at radius 2 is 1.78 bits per heavy atom. The third-order valence-corrected chi connectivity index (χ3v) is 5.78. The maximum absolute atomic E-state index is 13.2. The lowest BCUT2D eigenvalue weighted by Crippen LogP contribution is -2.52. The van der Waals surface area contributed by atoms with Gasteiger partial charge in [0, 0.05) is 63.3 Å². The van der Waals surface area contributed by atoms with Gasteiger partial charge >= 0.3 is 6.03 Å². The van der Waals surface area contributed by atoms with Crippen LogP contribution in [0.15, 0.2) is 48.8 Å². The van der Waals surface area contributed by atoms with E-state index in [9.17, 15) is 4.79 Å². The van der Waals surface area contributed by atoms with Crippen LogP contribution in [0.1, 0.15) is 48.7 Å². The van der Waals surface area contributed by atoms with E-state index in [-0.39, 0.29) is 18.0 Å². The Bertz CT molecular complexity index is 1060. The first-order chi connectivity index (χ1) is 15.4. The first-order valence-electron chi connectivity index (χ1n) is 11.1. The molecule has 0 aliphatic carbocycles. The average molecular weight is 434 g/mol. The fraction of sp³-hybridized carbons (Fsp3) is 0.417. The Balaban J connectivity index is 1.44.